The predicted octanol–water partition coefficient (Wildman–Crippen LogP) is 5.53. The van der Waals surface area contributed by atoms with E-state index in [0.29, 0.717) is 31.5 Å². The van der Waals surface area contributed by atoms with Crippen LogP contribution in [0.3, 0.4) is 0 Å². The molecule has 2 aromatic carbocycles. The van der Waals surface area contributed by atoms with E-state index in [1.54, 1.807) is 54.6 Å². The molecule has 0 unspecified atom stereocenters. The summed E-state index contributed by atoms with van der Waals surface area (Å²) in [5, 5.41) is 5.87. The van der Waals surface area contributed by atoms with Crippen molar-refractivity contribution in [3.05, 3.63) is 80.5 Å². The van der Waals surface area contributed by atoms with E-state index in [-0.39, 0.29) is 17.3 Å². The van der Waals surface area contributed by atoms with Crippen LogP contribution in [0.15, 0.2) is 60.0 Å². The molecule has 0 aliphatic heterocycles. The number of amides is 1. The van der Waals surface area contributed by atoms with Gasteiger partial charge in [0.25, 0.3) is 11.8 Å². The third kappa shape index (κ3) is 3.16. The van der Waals surface area contributed by atoms with E-state index in [0.717, 1.165) is 0 Å². The highest BCUT2D eigenvalue weighted by molar-refractivity contribution is 7.12. The second kappa shape index (κ2) is 7.31. The lowest BCUT2D eigenvalue weighted by Crippen LogP contribution is -2.17. The maximum absolute atomic E-state index is 13.0. The van der Waals surface area contributed by atoms with E-state index < -0.39 is 5.91 Å². The Kier molecular flexibility index (Phi) is 4.85. The molecule has 4 rings (SSSR count). The first-order valence-electron chi connectivity index (χ1n) is 8.21. The zero-order chi connectivity index (χ0) is 19.8. The number of nitrogens with two attached hydrogens (primary N) is 1. The largest absolute Gasteiger partial charge is 0.384 e. The molecular weight excluding hydrogens is 417 g/mol. The molecule has 0 fully saturated rings. The summed E-state index contributed by atoms with van der Waals surface area (Å²) in [5.41, 5.74) is 7.54. The maximum atomic E-state index is 13.0. The van der Waals surface area contributed by atoms with Gasteiger partial charge in [-0.15, -0.1) is 11.3 Å². The Balaban J connectivity index is 1.81. The van der Waals surface area contributed by atoms with Crippen molar-refractivity contribution in [1.82, 2.24) is 4.57 Å². The monoisotopic (exact) mass is 429 g/mol. The molecule has 0 saturated carbocycles. The molecule has 28 heavy (non-hydrogen) atoms. The van der Waals surface area contributed by atoms with Gasteiger partial charge in [0.2, 0.25) is 0 Å². The molecule has 3 N–H and O–H groups in total. The molecule has 0 radical (unpaired) electrons. The van der Waals surface area contributed by atoms with Gasteiger partial charge in [-0.2, -0.15) is 0 Å². The molecule has 2 aromatic heterocycles. The number of carbonyl (C=O) groups excluding carboxylic acids is 2. The summed E-state index contributed by atoms with van der Waals surface area (Å²) in [4.78, 5) is 26.5. The molecule has 5 nitrogen and oxygen atoms in total. The van der Waals surface area contributed by atoms with Crippen LogP contribution in [0.5, 0.6) is 0 Å². The summed E-state index contributed by atoms with van der Waals surface area (Å²) in [5.74, 6) is -0.640. The summed E-state index contributed by atoms with van der Waals surface area (Å²) < 4.78 is 1.37. The maximum Gasteiger partial charge on any atom is 0.274 e. The number of fused-ring (bicyclic) bond motifs is 1. The number of thiophene rings is 1. The van der Waals surface area contributed by atoms with Crippen molar-refractivity contribution in [3.8, 4) is 0 Å². The zero-order valence-electron chi connectivity index (χ0n) is 14.3. The van der Waals surface area contributed by atoms with Gasteiger partial charge in [-0.1, -0.05) is 47.5 Å². The average Bonchev–Trinajstić information content (AvgIpc) is 3.30. The standard InChI is InChI=1S/C20H13Cl2N3O2S/c21-13-8-7-11(10-14(13)22)24-19(26)17-12-4-1-2-5-15(12)25(18(17)23)20(27)16-6-3-9-28-16/h1-10H,23H2,(H,24,26). The van der Waals surface area contributed by atoms with Gasteiger partial charge >= 0.3 is 0 Å². The minimum Gasteiger partial charge on any atom is -0.384 e. The summed E-state index contributed by atoms with van der Waals surface area (Å²) in [7, 11) is 0. The number of anilines is 2. The van der Waals surface area contributed by atoms with E-state index in [2.05, 4.69) is 5.32 Å². The Morgan fingerprint density at radius 2 is 1.79 bits per heavy atom. The fraction of sp³-hybridized carbons (Fsp3) is 0. The van der Waals surface area contributed by atoms with E-state index in [1.807, 2.05) is 5.38 Å². The Labute approximate surface area is 174 Å². The Hall–Kier alpha value is -2.80. The highest BCUT2D eigenvalue weighted by Crippen LogP contribution is 2.31. The third-order valence-corrected chi connectivity index (χ3v) is 5.85. The van der Waals surface area contributed by atoms with E-state index in [1.165, 1.54) is 15.9 Å². The minimum atomic E-state index is -0.440. The number of nitrogens with one attached hydrogen (secondary N) is 1. The van der Waals surface area contributed by atoms with Crippen molar-refractivity contribution >= 4 is 68.8 Å². The fourth-order valence-corrected chi connectivity index (χ4v) is 3.95. The SMILES string of the molecule is Nc1c(C(=O)Nc2ccc(Cl)c(Cl)c2)c2ccccc2n1C(=O)c1cccs1. The Morgan fingerprint density at radius 1 is 1.00 bits per heavy atom. The summed E-state index contributed by atoms with van der Waals surface area (Å²) >= 11 is 13.2. The number of nitrogens with zero attached hydrogens (tertiary/aromatic N) is 1. The number of halogens is 2. The number of carbonyl (C=O) groups is 2. The Bertz CT molecular complexity index is 1220. The molecule has 4 aromatic rings. The van der Waals surface area contributed by atoms with E-state index >= 15 is 0 Å². The smallest absolute Gasteiger partial charge is 0.274 e. The molecule has 0 atom stereocenters. The number of rotatable bonds is 3. The summed E-state index contributed by atoms with van der Waals surface area (Å²) in [6.07, 6.45) is 0. The lowest BCUT2D eigenvalue weighted by atomic mass is 10.1. The lowest BCUT2D eigenvalue weighted by Gasteiger charge is -2.08. The van der Waals surface area contributed by atoms with Gasteiger partial charge in [0.15, 0.2) is 0 Å². The normalized spacial score (nSPS) is 10.9. The number of para-hydroxylation sites is 1. The van der Waals surface area contributed by atoms with E-state index in [9.17, 15) is 9.59 Å². The molecule has 1 amide bonds. The molecule has 0 aliphatic carbocycles. The van der Waals surface area contributed by atoms with Crippen LogP contribution in [0, 0.1) is 0 Å². The van der Waals surface area contributed by atoms with Crippen LogP contribution >= 0.6 is 34.5 Å². The van der Waals surface area contributed by atoms with E-state index in [4.69, 9.17) is 28.9 Å². The minimum absolute atomic E-state index is 0.0807. The zero-order valence-corrected chi connectivity index (χ0v) is 16.6. The Morgan fingerprint density at radius 3 is 2.50 bits per heavy atom. The van der Waals surface area contributed by atoms with Gasteiger partial charge in [-0.25, -0.2) is 0 Å². The number of benzene rings is 2. The predicted molar refractivity (Wildman–Crippen MR) is 115 cm³/mol. The molecule has 0 bridgehead atoms. The molecule has 2 heterocycles. The number of hydrogen-bond donors (Lipinski definition) is 2. The van der Waals surface area contributed by atoms with Gasteiger partial charge in [0.1, 0.15) is 5.82 Å². The van der Waals surface area contributed by atoms with Crippen molar-refractivity contribution in [2.75, 3.05) is 11.1 Å². The average molecular weight is 430 g/mol. The van der Waals surface area contributed by atoms with Gasteiger partial charge in [0.05, 0.1) is 26.0 Å². The quantitative estimate of drug-likeness (QED) is 0.449. The van der Waals surface area contributed by atoms with Crippen LogP contribution < -0.4 is 11.1 Å². The number of hydrogen-bond acceptors (Lipinski definition) is 4. The first kappa shape index (κ1) is 18.6. The van der Waals surface area contributed by atoms with Gasteiger partial charge in [-0.3, -0.25) is 14.2 Å². The highest BCUT2D eigenvalue weighted by Gasteiger charge is 2.25. The van der Waals surface area contributed by atoms with Crippen molar-refractivity contribution in [2.24, 2.45) is 0 Å². The van der Waals surface area contributed by atoms with Crippen LogP contribution in [0.2, 0.25) is 10.0 Å². The molecule has 0 spiro atoms. The first-order chi connectivity index (χ1) is 13.5. The van der Waals surface area contributed by atoms with Crippen molar-refractivity contribution in [3.63, 3.8) is 0 Å². The molecule has 140 valence electrons. The van der Waals surface area contributed by atoms with Crippen LogP contribution in [-0.4, -0.2) is 16.4 Å². The fourth-order valence-electron chi connectivity index (χ4n) is 2.99. The first-order valence-corrected chi connectivity index (χ1v) is 9.84. The van der Waals surface area contributed by atoms with Gasteiger partial charge in [-0.05, 0) is 35.7 Å². The van der Waals surface area contributed by atoms with Gasteiger partial charge < -0.3 is 11.1 Å². The summed E-state index contributed by atoms with van der Waals surface area (Å²) in [6.45, 7) is 0. The van der Waals surface area contributed by atoms with Crippen molar-refractivity contribution in [2.45, 2.75) is 0 Å². The topological polar surface area (TPSA) is 77.1 Å². The highest BCUT2D eigenvalue weighted by atomic mass is 35.5. The molecule has 0 aliphatic rings. The number of nitrogen functional groups attached to an aromatic ring is 1. The molecular formula is C20H13Cl2N3O2S. The van der Waals surface area contributed by atoms with Crippen LogP contribution in [0.1, 0.15) is 20.0 Å². The second-order valence-corrected chi connectivity index (χ2v) is 7.74. The van der Waals surface area contributed by atoms with Crippen LogP contribution in [0.25, 0.3) is 10.9 Å². The summed E-state index contributed by atoms with van der Waals surface area (Å²) in [6, 6.07) is 15.4. The lowest BCUT2D eigenvalue weighted by molar-refractivity contribution is 0.0971. The van der Waals surface area contributed by atoms with Crippen LogP contribution in [0.4, 0.5) is 11.5 Å². The second-order valence-electron chi connectivity index (χ2n) is 5.98. The van der Waals surface area contributed by atoms with Crippen molar-refractivity contribution in [1.29, 1.82) is 0 Å². The number of aromatic nitrogens is 1. The van der Waals surface area contributed by atoms with Crippen LogP contribution in [-0.2, 0) is 0 Å². The van der Waals surface area contributed by atoms with Gasteiger partial charge in [0, 0.05) is 11.1 Å². The third-order valence-electron chi connectivity index (χ3n) is 4.25. The molecule has 8 heteroatoms. The molecule has 0 saturated heterocycles. The van der Waals surface area contributed by atoms with Crippen molar-refractivity contribution < 1.29 is 9.59 Å².